The molecule has 1 aromatic carbocycles. The van der Waals surface area contributed by atoms with Crippen LogP contribution in [-0.4, -0.2) is 27.3 Å². The number of benzene rings is 1. The molecule has 2 rings (SSSR count). The summed E-state index contributed by atoms with van der Waals surface area (Å²) in [4.78, 5) is 16.2. The number of hydrogen-bond acceptors (Lipinski definition) is 4. The lowest BCUT2D eigenvalue weighted by Crippen LogP contribution is -2.16. The number of nitrogens with one attached hydrogen (secondary N) is 1. The van der Waals surface area contributed by atoms with Crippen LogP contribution in [0.2, 0.25) is 0 Å². The number of imidazole rings is 1. The van der Waals surface area contributed by atoms with Crippen molar-refractivity contribution in [1.82, 2.24) is 9.55 Å². The highest BCUT2D eigenvalue weighted by Gasteiger charge is 2.10. The van der Waals surface area contributed by atoms with Crippen LogP contribution in [0.3, 0.4) is 0 Å². The largest absolute Gasteiger partial charge is 0.489 e. The number of nitrogens with zero attached hydrogens (tertiary/aromatic N) is 2. The molecule has 0 bridgehead atoms. The van der Waals surface area contributed by atoms with E-state index in [0.717, 1.165) is 5.16 Å². The van der Waals surface area contributed by atoms with Crippen molar-refractivity contribution in [1.29, 1.82) is 0 Å². The maximum Gasteiger partial charge on any atom is 0.234 e. The van der Waals surface area contributed by atoms with Crippen LogP contribution < -0.4 is 10.1 Å². The molecule has 0 unspecified atom stereocenters. The maximum absolute atomic E-state index is 12.0. The Kier molecular flexibility index (Phi) is 5.27. The Morgan fingerprint density at radius 2 is 2.19 bits per heavy atom. The molecule has 0 saturated heterocycles. The first-order valence-corrected chi connectivity index (χ1v) is 7.70. The van der Waals surface area contributed by atoms with Crippen LogP contribution in [0.1, 0.15) is 13.8 Å². The number of carbonyl (C=O) groups is 1. The van der Waals surface area contributed by atoms with Crippen molar-refractivity contribution >= 4 is 23.4 Å². The minimum Gasteiger partial charge on any atom is -0.489 e. The molecule has 0 aliphatic heterocycles. The fourth-order valence-corrected chi connectivity index (χ4v) is 2.47. The van der Waals surface area contributed by atoms with E-state index in [9.17, 15) is 4.79 Å². The van der Waals surface area contributed by atoms with Gasteiger partial charge in [0.2, 0.25) is 5.91 Å². The molecular formula is C15H19N3O2S. The summed E-state index contributed by atoms with van der Waals surface area (Å²) in [5.74, 6) is 0.909. The Morgan fingerprint density at radius 1 is 1.43 bits per heavy atom. The van der Waals surface area contributed by atoms with E-state index < -0.39 is 0 Å². The number of aryl methyl sites for hydroxylation is 1. The Labute approximate surface area is 128 Å². The molecule has 21 heavy (non-hydrogen) atoms. The topological polar surface area (TPSA) is 56.1 Å². The fourth-order valence-electron chi connectivity index (χ4n) is 1.73. The average Bonchev–Trinajstić information content (AvgIpc) is 2.84. The highest BCUT2D eigenvalue weighted by Crippen LogP contribution is 2.25. The van der Waals surface area contributed by atoms with Crippen LogP contribution in [0.25, 0.3) is 0 Å². The minimum atomic E-state index is -0.0807. The predicted molar refractivity (Wildman–Crippen MR) is 84.8 cm³/mol. The Hall–Kier alpha value is -1.95. The van der Waals surface area contributed by atoms with E-state index in [1.165, 1.54) is 11.8 Å². The lowest BCUT2D eigenvalue weighted by molar-refractivity contribution is -0.113. The van der Waals surface area contributed by atoms with Gasteiger partial charge in [-0.05, 0) is 26.0 Å². The van der Waals surface area contributed by atoms with Gasteiger partial charge >= 0.3 is 0 Å². The highest BCUT2D eigenvalue weighted by molar-refractivity contribution is 7.99. The van der Waals surface area contributed by atoms with Crippen LogP contribution in [0.15, 0.2) is 41.8 Å². The summed E-state index contributed by atoms with van der Waals surface area (Å²) in [7, 11) is 1.90. The third-order valence-corrected chi connectivity index (χ3v) is 3.69. The molecule has 0 spiro atoms. The molecule has 1 N–H and O–H groups in total. The lowest BCUT2D eigenvalue weighted by Gasteiger charge is -2.14. The minimum absolute atomic E-state index is 0.0602. The van der Waals surface area contributed by atoms with Gasteiger partial charge in [0.1, 0.15) is 5.75 Å². The van der Waals surface area contributed by atoms with Crippen molar-refractivity contribution in [3.05, 3.63) is 36.7 Å². The molecule has 0 aliphatic rings. The number of thioether (sulfide) groups is 1. The zero-order valence-corrected chi connectivity index (χ0v) is 13.2. The lowest BCUT2D eigenvalue weighted by atomic mass is 10.3. The third kappa shape index (κ3) is 4.53. The monoisotopic (exact) mass is 305 g/mol. The van der Waals surface area contributed by atoms with Gasteiger partial charge in [-0.15, -0.1) is 0 Å². The standard InChI is InChI=1S/C15H19N3O2S/c1-11(2)20-13-7-5-4-6-12(13)17-14(19)10-21-15-16-8-9-18(15)3/h4-9,11H,10H2,1-3H3,(H,17,19). The van der Waals surface area contributed by atoms with E-state index in [1.807, 2.05) is 55.9 Å². The summed E-state index contributed by atoms with van der Waals surface area (Å²) >= 11 is 1.40. The van der Waals surface area contributed by atoms with E-state index in [1.54, 1.807) is 6.20 Å². The van der Waals surface area contributed by atoms with Crippen LogP contribution >= 0.6 is 11.8 Å². The first-order chi connectivity index (χ1) is 10.1. The number of para-hydroxylation sites is 2. The van der Waals surface area contributed by atoms with E-state index in [2.05, 4.69) is 10.3 Å². The van der Waals surface area contributed by atoms with Crippen molar-refractivity contribution in [2.24, 2.45) is 7.05 Å². The van der Waals surface area contributed by atoms with Gasteiger partial charge in [0, 0.05) is 19.4 Å². The summed E-state index contributed by atoms with van der Waals surface area (Å²) in [6.45, 7) is 3.91. The van der Waals surface area contributed by atoms with Gasteiger partial charge in [0.15, 0.2) is 5.16 Å². The summed E-state index contributed by atoms with van der Waals surface area (Å²) in [6.07, 6.45) is 3.63. The van der Waals surface area contributed by atoms with Crippen molar-refractivity contribution in [2.75, 3.05) is 11.1 Å². The van der Waals surface area contributed by atoms with E-state index >= 15 is 0 Å². The van der Waals surface area contributed by atoms with Gasteiger partial charge in [0.05, 0.1) is 17.5 Å². The summed E-state index contributed by atoms with van der Waals surface area (Å²) in [6, 6.07) is 7.44. The molecule has 5 nitrogen and oxygen atoms in total. The van der Waals surface area contributed by atoms with Crippen LogP contribution in [0.4, 0.5) is 5.69 Å². The number of hydrogen-bond donors (Lipinski definition) is 1. The van der Waals surface area contributed by atoms with Gasteiger partial charge in [-0.2, -0.15) is 0 Å². The molecule has 6 heteroatoms. The summed E-state index contributed by atoms with van der Waals surface area (Å²) in [5, 5.41) is 3.69. The predicted octanol–water partition coefficient (Wildman–Crippen LogP) is 2.94. The van der Waals surface area contributed by atoms with Crippen LogP contribution in [0.5, 0.6) is 5.75 Å². The molecule has 0 atom stereocenters. The second kappa shape index (κ2) is 7.17. The first kappa shape index (κ1) is 15.4. The highest BCUT2D eigenvalue weighted by atomic mass is 32.2. The van der Waals surface area contributed by atoms with Gasteiger partial charge in [-0.3, -0.25) is 4.79 Å². The van der Waals surface area contributed by atoms with Crippen molar-refractivity contribution in [2.45, 2.75) is 25.1 Å². The Bertz CT molecular complexity index is 610. The average molecular weight is 305 g/mol. The number of anilines is 1. The Morgan fingerprint density at radius 3 is 2.86 bits per heavy atom. The molecule has 2 aromatic rings. The molecule has 1 heterocycles. The molecular weight excluding hydrogens is 286 g/mol. The summed E-state index contributed by atoms with van der Waals surface area (Å²) in [5.41, 5.74) is 0.691. The molecule has 0 saturated carbocycles. The molecule has 0 radical (unpaired) electrons. The molecule has 1 aromatic heterocycles. The van der Waals surface area contributed by atoms with Crippen molar-refractivity contribution in [3.8, 4) is 5.75 Å². The van der Waals surface area contributed by atoms with E-state index in [0.29, 0.717) is 17.2 Å². The van der Waals surface area contributed by atoms with Gasteiger partial charge in [0.25, 0.3) is 0 Å². The van der Waals surface area contributed by atoms with Crippen LogP contribution in [0, 0.1) is 0 Å². The Balaban J connectivity index is 1.95. The quantitative estimate of drug-likeness (QED) is 0.834. The number of amides is 1. The van der Waals surface area contributed by atoms with Gasteiger partial charge < -0.3 is 14.6 Å². The second-order valence-electron chi connectivity index (χ2n) is 4.82. The fraction of sp³-hybridized carbons (Fsp3) is 0.333. The van der Waals surface area contributed by atoms with Crippen molar-refractivity contribution in [3.63, 3.8) is 0 Å². The first-order valence-electron chi connectivity index (χ1n) is 6.72. The molecule has 0 fully saturated rings. The van der Waals surface area contributed by atoms with E-state index in [-0.39, 0.29) is 12.0 Å². The number of carbonyl (C=O) groups excluding carboxylic acids is 1. The smallest absolute Gasteiger partial charge is 0.234 e. The summed E-state index contributed by atoms with van der Waals surface area (Å²) < 4.78 is 7.56. The number of ether oxygens (including phenoxy) is 1. The SMILES string of the molecule is CC(C)Oc1ccccc1NC(=O)CSc1nccn1C. The van der Waals surface area contributed by atoms with Crippen LogP contribution in [-0.2, 0) is 11.8 Å². The zero-order valence-electron chi connectivity index (χ0n) is 12.4. The number of rotatable bonds is 6. The molecule has 0 aliphatic carbocycles. The maximum atomic E-state index is 12.0. The molecule has 112 valence electrons. The zero-order chi connectivity index (χ0) is 15.2. The van der Waals surface area contributed by atoms with Gasteiger partial charge in [-0.1, -0.05) is 23.9 Å². The normalized spacial score (nSPS) is 10.7. The number of aromatic nitrogens is 2. The van der Waals surface area contributed by atoms with Crippen molar-refractivity contribution < 1.29 is 9.53 Å². The van der Waals surface area contributed by atoms with E-state index in [4.69, 9.17) is 4.74 Å². The second-order valence-corrected chi connectivity index (χ2v) is 5.76. The molecule has 1 amide bonds. The third-order valence-electron chi connectivity index (χ3n) is 2.63. The van der Waals surface area contributed by atoms with Gasteiger partial charge in [-0.25, -0.2) is 4.98 Å².